The fourth-order valence-corrected chi connectivity index (χ4v) is 2.58. The highest BCUT2D eigenvalue weighted by atomic mass is 79.9. The normalized spacial score (nSPS) is 11.7. The van der Waals surface area contributed by atoms with Gasteiger partial charge in [0.05, 0.1) is 4.88 Å². The molecule has 1 nitrogen and oxygen atoms in total. The van der Waals surface area contributed by atoms with Gasteiger partial charge in [-0.2, -0.15) is 0 Å². The molecule has 1 heterocycles. The number of rotatable bonds is 1. The number of Topliss-reactive ketones (excluding diaryl/α,β-unsaturated/α-hetero) is 1. The lowest BCUT2D eigenvalue weighted by atomic mass is 10.3. The molecule has 0 fully saturated rings. The Morgan fingerprint density at radius 2 is 2.08 bits per heavy atom. The summed E-state index contributed by atoms with van der Waals surface area (Å²) in [6.07, 6.45) is 0. The van der Waals surface area contributed by atoms with E-state index in [1.165, 1.54) is 11.3 Å². The molecule has 1 aromatic heterocycles. The fourth-order valence-electron chi connectivity index (χ4n) is 0.584. The van der Waals surface area contributed by atoms with Crippen LogP contribution in [0.25, 0.3) is 0 Å². The largest absolute Gasteiger partial charge is 0.288 e. The molecule has 12 heavy (non-hydrogen) atoms. The quantitative estimate of drug-likeness (QED) is 0.565. The first-order chi connectivity index (χ1) is 5.43. The van der Waals surface area contributed by atoms with Crippen molar-refractivity contribution in [1.29, 1.82) is 0 Å². The van der Waals surface area contributed by atoms with E-state index in [9.17, 15) is 4.79 Å². The van der Waals surface area contributed by atoms with Gasteiger partial charge in [-0.3, -0.25) is 4.79 Å². The third-order valence-corrected chi connectivity index (χ3v) is 3.43. The molecule has 0 aliphatic heterocycles. The van der Waals surface area contributed by atoms with Gasteiger partial charge in [0.15, 0.2) is 0 Å². The molecule has 1 aromatic rings. The highest BCUT2D eigenvalue weighted by Gasteiger charge is 2.33. The number of alkyl halides is 3. The molecule has 6 heteroatoms. The van der Waals surface area contributed by atoms with Crippen molar-refractivity contribution >= 4 is 67.9 Å². The average Bonchev–Trinajstić information content (AvgIpc) is 2.31. The number of thiophene rings is 1. The predicted molar refractivity (Wildman–Crippen MR) is 56.6 cm³/mol. The first kappa shape index (κ1) is 10.8. The van der Waals surface area contributed by atoms with Gasteiger partial charge in [-0.1, -0.05) is 34.8 Å². The highest BCUT2D eigenvalue weighted by molar-refractivity contribution is 9.10. The monoisotopic (exact) mass is 306 g/mol. The zero-order valence-electron chi connectivity index (χ0n) is 5.48. The molecule has 0 aliphatic carbocycles. The second-order valence-corrected chi connectivity index (χ2v) is 5.98. The topological polar surface area (TPSA) is 17.1 Å². The Morgan fingerprint density at radius 3 is 2.42 bits per heavy atom. The summed E-state index contributed by atoms with van der Waals surface area (Å²) in [4.78, 5) is 11.8. The van der Waals surface area contributed by atoms with Crippen molar-refractivity contribution in [1.82, 2.24) is 0 Å². The third kappa shape index (κ3) is 2.36. The van der Waals surface area contributed by atoms with Crippen molar-refractivity contribution in [2.75, 3.05) is 0 Å². The summed E-state index contributed by atoms with van der Waals surface area (Å²) < 4.78 is -1.21. The maximum absolute atomic E-state index is 11.3. The van der Waals surface area contributed by atoms with Gasteiger partial charge in [-0.05, 0) is 27.4 Å². The highest BCUT2D eigenvalue weighted by Crippen LogP contribution is 2.35. The van der Waals surface area contributed by atoms with Crippen molar-refractivity contribution in [2.24, 2.45) is 0 Å². The van der Waals surface area contributed by atoms with Crippen LogP contribution in [-0.4, -0.2) is 9.58 Å². The molecule has 1 rings (SSSR count). The molecule has 0 atom stereocenters. The van der Waals surface area contributed by atoms with E-state index in [-0.39, 0.29) is 0 Å². The summed E-state index contributed by atoms with van der Waals surface area (Å²) in [5.74, 6) is -0.505. The smallest absolute Gasteiger partial charge is 0.254 e. The van der Waals surface area contributed by atoms with E-state index >= 15 is 0 Å². The number of hydrogen-bond donors (Lipinski definition) is 0. The Morgan fingerprint density at radius 1 is 1.50 bits per heavy atom. The summed E-state index contributed by atoms with van der Waals surface area (Å²) in [5.41, 5.74) is 0. The molecule has 0 saturated heterocycles. The Hall–Kier alpha value is 0.720. The van der Waals surface area contributed by atoms with Crippen molar-refractivity contribution in [3.05, 3.63) is 20.8 Å². The van der Waals surface area contributed by atoms with Crippen molar-refractivity contribution in [3.8, 4) is 0 Å². The van der Waals surface area contributed by atoms with Crippen LogP contribution >= 0.6 is 62.1 Å². The van der Waals surface area contributed by atoms with Crippen LogP contribution in [0.5, 0.6) is 0 Å². The van der Waals surface area contributed by atoms with Gasteiger partial charge in [0.2, 0.25) is 5.78 Å². The molecule has 0 aliphatic rings. The van der Waals surface area contributed by atoms with Gasteiger partial charge < -0.3 is 0 Å². The molecule has 0 saturated carbocycles. The third-order valence-electron chi connectivity index (χ3n) is 1.08. The molecular weight excluding hydrogens is 306 g/mol. The molecule has 0 N–H and O–H groups in total. The van der Waals surface area contributed by atoms with E-state index in [1.54, 1.807) is 11.4 Å². The Kier molecular flexibility index (Phi) is 3.46. The van der Waals surface area contributed by atoms with Crippen molar-refractivity contribution in [3.63, 3.8) is 0 Å². The number of ketones is 1. The van der Waals surface area contributed by atoms with Crippen LogP contribution in [0.1, 0.15) is 9.67 Å². The lowest BCUT2D eigenvalue weighted by Gasteiger charge is -2.07. The second-order valence-electron chi connectivity index (χ2n) is 1.92. The number of hydrogen-bond acceptors (Lipinski definition) is 2. The van der Waals surface area contributed by atoms with Crippen LogP contribution in [0.4, 0.5) is 0 Å². The van der Waals surface area contributed by atoms with Gasteiger partial charge in [0.25, 0.3) is 3.79 Å². The lowest BCUT2D eigenvalue weighted by Crippen LogP contribution is -2.17. The SMILES string of the molecule is O=C(c1sccc1Br)C(Cl)(Cl)Cl. The Bertz CT molecular complexity index is 304. The first-order valence-electron chi connectivity index (χ1n) is 2.77. The van der Waals surface area contributed by atoms with E-state index in [4.69, 9.17) is 34.8 Å². The minimum absolute atomic E-state index is 0.426. The number of carbonyl (C=O) groups excluding carboxylic acids is 1. The standard InChI is InChI=1S/C6H2BrCl3OS/c7-3-1-2-12-4(3)5(11)6(8,9)10/h1-2H. The summed E-state index contributed by atoms with van der Waals surface area (Å²) in [6.45, 7) is 0. The minimum atomic E-state index is -1.87. The second kappa shape index (κ2) is 3.84. The zero-order chi connectivity index (χ0) is 9.35. The molecule has 0 bridgehead atoms. The van der Waals surface area contributed by atoms with E-state index in [0.717, 1.165) is 0 Å². The van der Waals surface area contributed by atoms with E-state index in [0.29, 0.717) is 9.35 Å². The van der Waals surface area contributed by atoms with Gasteiger partial charge in [0, 0.05) is 4.47 Å². The van der Waals surface area contributed by atoms with Crippen LogP contribution in [0, 0.1) is 0 Å². The summed E-state index contributed by atoms with van der Waals surface area (Å²) in [6, 6.07) is 1.73. The molecule has 0 amide bonds. The maximum Gasteiger partial charge on any atom is 0.254 e. The average molecular weight is 308 g/mol. The summed E-state index contributed by atoms with van der Waals surface area (Å²) in [5, 5.41) is 1.74. The van der Waals surface area contributed by atoms with Gasteiger partial charge in [-0.25, -0.2) is 0 Å². The van der Waals surface area contributed by atoms with Crippen LogP contribution in [-0.2, 0) is 0 Å². The molecule has 0 unspecified atom stereocenters. The maximum atomic E-state index is 11.3. The van der Waals surface area contributed by atoms with Gasteiger partial charge >= 0.3 is 0 Å². The van der Waals surface area contributed by atoms with Gasteiger partial charge in [0.1, 0.15) is 0 Å². The van der Waals surface area contributed by atoms with Crippen LogP contribution < -0.4 is 0 Å². The lowest BCUT2D eigenvalue weighted by molar-refractivity contribution is 0.0999. The molecule has 0 radical (unpaired) electrons. The molecule has 66 valence electrons. The van der Waals surface area contributed by atoms with E-state index in [2.05, 4.69) is 15.9 Å². The van der Waals surface area contributed by atoms with Crippen LogP contribution in [0.3, 0.4) is 0 Å². The fraction of sp³-hybridized carbons (Fsp3) is 0.167. The predicted octanol–water partition coefficient (Wildman–Crippen LogP) is 4.06. The molecular formula is C6H2BrCl3OS. The number of carbonyl (C=O) groups is 1. The number of halogens is 4. The summed E-state index contributed by atoms with van der Waals surface area (Å²) >= 11 is 20.7. The Balaban J connectivity index is 3.01. The van der Waals surface area contributed by atoms with E-state index in [1.807, 2.05) is 0 Å². The van der Waals surface area contributed by atoms with Crippen molar-refractivity contribution in [2.45, 2.75) is 3.79 Å². The minimum Gasteiger partial charge on any atom is -0.288 e. The van der Waals surface area contributed by atoms with Gasteiger partial charge in [-0.15, -0.1) is 11.3 Å². The van der Waals surface area contributed by atoms with Crippen LogP contribution in [0.2, 0.25) is 0 Å². The molecule has 0 spiro atoms. The van der Waals surface area contributed by atoms with Crippen LogP contribution in [0.15, 0.2) is 15.9 Å². The first-order valence-corrected chi connectivity index (χ1v) is 5.58. The summed E-state index contributed by atoms with van der Waals surface area (Å²) in [7, 11) is 0. The Labute approximate surface area is 96.7 Å². The molecule has 0 aromatic carbocycles. The van der Waals surface area contributed by atoms with E-state index < -0.39 is 9.58 Å². The van der Waals surface area contributed by atoms with Crippen molar-refractivity contribution < 1.29 is 4.79 Å². The zero-order valence-corrected chi connectivity index (χ0v) is 10.2.